The topological polar surface area (TPSA) is 73.6 Å². The molecule has 1 amide bonds. The lowest BCUT2D eigenvalue weighted by atomic mass is 10.2. The molecule has 0 bridgehead atoms. The van der Waals surface area contributed by atoms with Crippen LogP contribution in [0, 0.1) is 5.92 Å². The molecule has 110 valence electrons. The first-order chi connectivity index (χ1) is 9.74. The maximum Gasteiger partial charge on any atom is 0.257 e. The van der Waals surface area contributed by atoms with Crippen molar-refractivity contribution in [2.75, 3.05) is 19.8 Å². The van der Waals surface area contributed by atoms with Crippen LogP contribution in [-0.4, -0.2) is 25.7 Å². The first kappa shape index (κ1) is 14.7. The number of hydrogen-bond donors (Lipinski definition) is 2. The molecule has 0 aliphatic heterocycles. The van der Waals surface area contributed by atoms with Crippen molar-refractivity contribution in [2.45, 2.75) is 26.3 Å². The third kappa shape index (κ3) is 4.13. The SMILES string of the molecule is CCOc1cccc(CN)c1OCC(=O)NCC1CC1. The molecule has 3 N–H and O–H groups in total. The largest absolute Gasteiger partial charge is 0.490 e. The molecular weight excluding hydrogens is 256 g/mol. The van der Waals surface area contributed by atoms with Crippen molar-refractivity contribution in [1.82, 2.24) is 5.32 Å². The van der Waals surface area contributed by atoms with E-state index in [0.29, 0.717) is 30.6 Å². The van der Waals surface area contributed by atoms with E-state index < -0.39 is 0 Å². The normalized spacial score (nSPS) is 13.9. The lowest BCUT2D eigenvalue weighted by Gasteiger charge is -2.15. The van der Waals surface area contributed by atoms with Crippen LogP contribution in [0.3, 0.4) is 0 Å². The van der Waals surface area contributed by atoms with Gasteiger partial charge in [0, 0.05) is 18.7 Å². The summed E-state index contributed by atoms with van der Waals surface area (Å²) in [5.74, 6) is 1.75. The van der Waals surface area contributed by atoms with Gasteiger partial charge in [-0.2, -0.15) is 0 Å². The van der Waals surface area contributed by atoms with Gasteiger partial charge in [-0.1, -0.05) is 12.1 Å². The van der Waals surface area contributed by atoms with Gasteiger partial charge in [-0.15, -0.1) is 0 Å². The summed E-state index contributed by atoms with van der Waals surface area (Å²) in [6.07, 6.45) is 2.43. The van der Waals surface area contributed by atoms with Crippen molar-refractivity contribution in [3.63, 3.8) is 0 Å². The number of carbonyl (C=O) groups is 1. The molecule has 1 saturated carbocycles. The summed E-state index contributed by atoms with van der Waals surface area (Å²) >= 11 is 0. The molecule has 0 atom stereocenters. The lowest BCUT2D eigenvalue weighted by molar-refractivity contribution is -0.123. The van der Waals surface area contributed by atoms with Crippen LogP contribution >= 0.6 is 0 Å². The Balaban J connectivity index is 1.93. The average molecular weight is 278 g/mol. The van der Waals surface area contributed by atoms with Crippen LogP contribution in [0.15, 0.2) is 18.2 Å². The number of nitrogens with one attached hydrogen (secondary N) is 1. The third-order valence-electron chi connectivity index (χ3n) is 3.21. The van der Waals surface area contributed by atoms with Gasteiger partial charge in [-0.25, -0.2) is 0 Å². The summed E-state index contributed by atoms with van der Waals surface area (Å²) in [6, 6.07) is 5.56. The molecule has 0 heterocycles. The van der Waals surface area contributed by atoms with Crippen LogP contribution in [0.5, 0.6) is 11.5 Å². The highest BCUT2D eigenvalue weighted by molar-refractivity contribution is 5.77. The standard InChI is InChI=1S/C15H22N2O3/c1-2-19-13-5-3-4-12(8-16)15(13)20-10-14(18)17-9-11-6-7-11/h3-5,11H,2,6-10,16H2,1H3,(H,17,18). The van der Waals surface area contributed by atoms with Gasteiger partial charge < -0.3 is 20.5 Å². The van der Waals surface area contributed by atoms with Crippen molar-refractivity contribution in [3.05, 3.63) is 23.8 Å². The van der Waals surface area contributed by atoms with E-state index in [2.05, 4.69) is 5.32 Å². The number of hydrogen-bond acceptors (Lipinski definition) is 4. The van der Waals surface area contributed by atoms with E-state index in [1.165, 1.54) is 12.8 Å². The van der Waals surface area contributed by atoms with Gasteiger partial charge in [0.1, 0.15) is 0 Å². The maximum atomic E-state index is 11.7. The Hall–Kier alpha value is -1.75. The van der Waals surface area contributed by atoms with E-state index in [9.17, 15) is 4.79 Å². The predicted octanol–water partition coefficient (Wildman–Crippen LogP) is 1.45. The Morgan fingerprint density at radius 3 is 2.85 bits per heavy atom. The molecule has 0 saturated heterocycles. The van der Waals surface area contributed by atoms with E-state index >= 15 is 0 Å². The van der Waals surface area contributed by atoms with Crippen molar-refractivity contribution in [1.29, 1.82) is 0 Å². The van der Waals surface area contributed by atoms with E-state index in [0.717, 1.165) is 12.1 Å². The predicted molar refractivity (Wildman–Crippen MR) is 76.7 cm³/mol. The summed E-state index contributed by atoms with van der Waals surface area (Å²) in [7, 11) is 0. The number of benzene rings is 1. The Kier molecular flexibility index (Phi) is 5.24. The van der Waals surface area contributed by atoms with Gasteiger partial charge in [0.05, 0.1) is 6.61 Å². The molecule has 5 heteroatoms. The van der Waals surface area contributed by atoms with Gasteiger partial charge in [0.25, 0.3) is 5.91 Å². The fourth-order valence-electron chi connectivity index (χ4n) is 1.92. The fraction of sp³-hybridized carbons (Fsp3) is 0.533. The second-order valence-corrected chi connectivity index (χ2v) is 4.92. The molecule has 0 aromatic heterocycles. The molecule has 0 unspecified atom stereocenters. The zero-order valence-electron chi connectivity index (χ0n) is 11.9. The number of nitrogens with two attached hydrogens (primary N) is 1. The smallest absolute Gasteiger partial charge is 0.257 e. The van der Waals surface area contributed by atoms with Crippen LogP contribution < -0.4 is 20.5 Å². The number of amides is 1. The molecule has 1 fully saturated rings. The van der Waals surface area contributed by atoms with Crippen LogP contribution in [0.25, 0.3) is 0 Å². The van der Waals surface area contributed by atoms with Gasteiger partial charge in [-0.3, -0.25) is 4.79 Å². The van der Waals surface area contributed by atoms with Crippen molar-refractivity contribution in [3.8, 4) is 11.5 Å². The minimum absolute atomic E-state index is 0.0101. The summed E-state index contributed by atoms with van der Waals surface area (Å²) < 4.78 is 11.1. The van der Waals surface area contributed by atoms with Gasteiger partial charge in [-0.05, 0) is 31.7 Å². The number of rotatable bonds is 8. The van der Waals surface area contributed by atoms with E-state index in [-0.39, 0.29) is 12.5 Å². The van der Waals surface area contributed by atoms with E-state index in [4.69, 9.17) is 15.2 Å². The molecule has 0 radical (unpaired) electrons. The van der Waals surface area contributed by atoms with Crippen LogP contribution in [0.2, 0.25) is 0 Å². The Labute approximate surface area is 119 Å². The van der Waals surface area contributed by atoms with E-state index in [1.807, 2.05) is 25.1 Å². The zero-order chi connectivity index (χ0) is 14.4. The monoisotopic (exact) mass is 278 g/mol. The number of para-hydroxylation sites is 1. The summed E-state index contributed by atoms with van der Waals surface area (Å²) in [6.45, 7) is 3.53. The van der Waals surface area contributed by atoms with Crippen LogP contribution in [0.4, 0.5) is 0 Å². The second kappa shape index (κ2) is 7.14. The highest BCUT2D eigenvalue weighted by Crippen LogP contribution is 2.31. The molecule has 1 aromatic carbocycles. The molecule has 1 aliphatic carbocycles. The summed E-state index contributed by atoms with van der Waals surface area (Å²) in [5.41, 5.74) is 6.53. The summed E-state index contributed by atoms with van der Waals surface area (Å²) in [4.78, 5) is 11.7. The molecule has 5 nitrogen and oxygen atoms in total. The second-order valence-electron chi connectivity index (χ2n) is 4.92. The van der Waals surface area contributed by atoms with E-state index in [1.54, 1.807) is 0 Å². The third-order valence-corrected chi connectivity index (χ3v) is 3.21. The number of ether oxygens (including phenoxy) is 2. The highest BCUT2D eigenvalue weighted by atomic mass is 16.5. The van der Waals surface area contributed by atoms with Gasteiger partial charge in [0.2, 0.25) is 0 Å². The molecule has 0 spiro atoms. The minimum Gasteiger partial charge on any atom is -0.490 e. The Morgan fingerprint density at radius 2 is 2.20 bits per heavy atom. The van der Waals surface area contributed by atoms with Crippen molar-refractivity contribution < 1.29 is 14.3 Å². The lowest BCUT2D eigenvalue weighted by Crippen LogP contribution is -2.30. The minimum atomic E-state index is -0.105. The quantitative estimate of drug-likeness (QED) is 0.755. The maximum absolute atomic E-state index is 11.7. The first-order valence-corrected chi connectivity index (χ1v) is 7.08. The molecule has 20 heavy (non-hydrogen) atoms. The van der Waals surface area contributed by atoms with Gasteiger partial charge >= 0.3 is 0 Å². The molecule has 2 rings (SSSR count). The molecule has 1 aromatic rings. The van der Waals surface area contributed by atoms with Crippen molar-refractivity contribution in [2.24, 2.45) is 11.7 Å². The fourth-order valence-corrected chi connectivity index (χ4v) is 1.92. The molecule has 1 aliphatic rings. The first-order valence-electron chi connectivity index (χ1n) is 7.08. The Bertz CT molecular complexity index is 458. The van der Waals surface area contributed by atoms with Crippen molar-refractivity contribution >= 4 is 5.91 Å². The highest BCUT2D eigenvalue weighted by Gasteiger charge is 2.21. The summed E-state index contributed by atoms with van der Waals surface area (Å²) in [5, 5.41) is 2.87. The average Bonchev–Trinajstić information content (AvgIpc) is 3.28. The van der Waals surface area contributed by atoms with Crippen LogP contribution in [0.1, 0.15) is 25.3 Å². The van der Waals surface area contributed by atoms with Crippen LogP contribution in [-0.2, 0) is 11.3 Å². The zero-order valence-corrected chi connectivity index (χ0v) is 11.9. The molecular formula is C15H22N2O3. The van der Waals surface area contributed by atoms with Gasteiger partial charge in [0.15, 0.2) is 18.1 Å². The number of carbonyl (C=O) groups excluding carboxylic acids is 1. The Morgan fingerprint density at radius 1 is 1.40 bits per heavy atom.